The van der Waals surface area contributed by atoms with E-state index in [0.717, 1.165) is 13.0 Å². The number of hydrogen-bond donors (Lipinski definition) is 0. The molecule has 0 aliphatic heterocycles. The highest BCUT2D eigenvalue weighted by atomic mass is 19.4. The summed E-state index contributed by atoms with van der Waals surface area (Å²) in [4.78, 5) is 11.1. The van der Waals surface area contributed by atoms with E-state index >= 15 is 0 Å². The van der Waals surface area contributed by atoms with Crippen molar-refractivity contribution in [3.63, 3.8) is 0 Å². The molecule has 0 radical (unpaired) electrons. The maximum absolute atomic E-state index is 12.8. The number of carbonyl (C=O) groups excluding carboxylic acids is 1. The molecule has 6 heteroatoms. The molecule has 0 aliphatic carbocycles. The van der Waals surface area contributed by atoms with Gasteiger partial charge in [0.15, 0.2) is 5.78 Å². The van der Waals surface area contributed by atoms with Gasteiger partial charge in [0.2, 0.25) is 0 Å². The molecule has 1 nitrogen and oxygen atoms in total. The predicted octanol–water partition coefficient (Wildman–Crippen LogP) is 4.41. The summed E-state index contributed by atoms with van der Waals surface area (Å²) < 4.78 is 63.7. The lowest BCUT2D eigenvalue weighted by molar-refractivity contribution is -0.139. The number of halogens is 5. The minimum atomic E-state index is -4.90. The zero-order valence-electron chi connectivity index (χ0n) is 9.74. The first kappa shape index (κ1) is 14.6. The van der Waals surface area contributed by atoms with E-state index in [1.807, 2.05) is 0 Å². The molecule has 1 aromatic carbocycles. The van der Waals surface area contributed by atoms with Crippen molar-refractivity contribution in [2.75, 3.05) is 0 Å². The van der Waals surface area contributed by atoms with E-state index in [1.54, 1.807) is 0 Å². The maximum Gasteiger partial charge on any atom is 0.416 e. The third-order valence-corrected chi connectivity index (χ3v) is 2.58. The molecule has 0 heterocycles. The molecular weight excluding hydrogens is 255 g/mol. The maximum atomic E-state index is 12.8. The fourth-order valence-corrected chi connectivity index (χ4v) is 1.70. The van der Waals surface area contributed by atoms with Crippen LogP contribution in [-0.2, 0) is 12.6 Å². The van der Waals surface area contributed by atoms with Gasteiger partial charge in [-0.25, -0.2) is 8.78 Å². The van der Waals surface area contributed by atoms with Gasteiger partial charge in [-0.1, -0.05) is 6.92 Å². The Morgan fingerprint density at radius 3 is 2.17 bits per heavy atom. The van der Waals surface area contributed by atoms with Crippen LogP contribution in [0.3, 0.4) is 0 Å². The molecule has 1 aromatic rings. The van der Waals surface area contributed by atoms with Gasteiger partial charge >= 0.3 is 6.18 Å². The Morgan fingerprint density at radius 2 is 1.83 bits per heavy atom. The summed E-state index contributed by atoms with van der Waals surface area (Å²) in [5, 5.41) is 0. The topological polar surface area (TPSA) is 17.1 Å². The fourth-order valence-electron chi connectivity index (χ4n) is 1.70. The Hall–Kier alpha value is -1.46. The smallest absolute Gasteiger partial charge is 0.295 e. The largest absolute Gasteiger partial charge is 0.416 e. The van der Waals surface area contributed by atoms with Crippen LogP contribution in [0.2, 0.25) is 0 Å². The molecule has 0 amide bonds. The second-order valence-corrected chi connectivity index (χ2v) is 3.80. The molecule has 0 unspecified atom stereocenters. The molecule has 0 saturated carbocycles. The monoisotopic (exact) mass is 266 g/mol. The van der Waals surface area contributed by atoms with Gasteiger partial charge < -0.3 is 0 Å². The van der Waals surface area contributed by atoms with Gasteiger partial charge in [-0.15, -0.1) is 0 Å². The van der Waals surface area contributed by atoms with Gasteiger partial charge in [0.25, 0.3) is 6.43 Å². The molecule has 0 atom stereocenters. The average molecular weight is 266 g/mol. The zero-order chi connectivity index (χ0) is 14.1. The van der Waals surface area contributed by atoms with Crippen LogP contribution < -0.4 is 0 Å². The number of benzene rings is 1. The van der Waals surface area contributed by atoms with Crippen molar-refractivity contribution in [1.29, 1.82) is 0 Å². The molecule has 0 aliphatic rings. The van der Waals surface area contributed by atoms with Crippen molar-refractivity contribution in [2.24, 2.45) is 0 Å². The first-order valence-electron chi connectivity index (χ1n) is 5.21. The number of Topliss-reactive ketones (excluding diaryl/α,β-unsaturated/α-hetero) is 1. The first-order valence-corrected chi connectivity index (χ1v) is 5.21. The minimum Gasteiger partial charge on any atom is -0.295 e. The lowest BCUT2D eigenvalue weighted by Crippen LogP contribution is -2.14. The molecule has 0 fully saturated rings. The van der Waals surface area contributed by atoms with Crippen LogP contribution >= 0.6 is 0 Å². The normalized spacial score (nSPS) is 12.0. The third-order valence-electron chi connectivity index (χ3n) is 2.58. The van der Waals surface area contributed by atoms with E-state index in [4.69, 9.17) is 0 Å². The van der Waals surface area contributed by atoms with Crippen LogP contribution in [0.4, 0.5) is 22.0 Å². The summed E-state index contributed by atoms with van der Waals surface area (Å²) in [5.74, 6) is -0.587. The number of alkyl halides is 5. The summed E-state index contributed by atoms with van der Waals surface area (Å²) in [6.45, 7) is 2.56. The van der Waals surface area contributed by atoms with Gasteiger partial charge in [0.05, 0.1) is 5.56 Å². The Bertz CT molecular complexity index is 462. The fraction of sp³-hybridized carbons (Fsp3) is 0.417. The number of ketones is 1. The van der Waals surface area contributed by atoms with Gasteiger partial charge in [0.1, 0.15) is 0 Å². The minimum absolute atomic E-state index is 0.00384. The van der Waals surface area contributed by atoms with Crippen molar-refractivity contribution in [3.05, 3.63) is 34.4 Å². The van der Waals surface area contributed by atoms with Gasteiger partial charge in [-0.3, -0.25) is 4.79 Å². The molecule has 0 aromatic heterocycles. The lowest BCUT2D eigenvalue weighted by Gasteiger charge is -2.17. The van der Waals surface area contributed by atoms with Crippen molar-refractivity contribution in [2.45, 2.75) is 32.9 Å². The Kier molecular flexibility index (Phi) is 4.09. The van der Waals surface area contributed by atoms with E-state index in [9.17, 15) is 26.7 Å². The number of hydrogen-bond acceptors (Lipinski definition) is 1. The molecule has 0 bridgehead atoms. The van der Waals surface area contributed by atoms with E-state index in [1.165, 1.54) is 6.92 Å². The Balaban J connectivity index is 3.62. The quantitative estimate of drug-likeness (QED) is 0.585. The lowest BCUT2D eigenvalue weighted by atomic mass is 9.94. The van der Waals surface area contributed by atoms with Crippen molar-refractivity contribution in [1.82, 2.24) is 0 Å². The molecule has 1 rings (SSSR count). The van der Waals surface area contributed by atoms with Crippen LogP contribution in [0.5, 0.6) is 0 Å². The van der Waals surface area contributed by atoms with E-state index in [-0.39, 0.29) is 17.5 Å². The second kappa shape index (κ2) is 5.04. The average Bonchev–Trinajstić information content (AvgIpc) is 2.25. The summed E-state index contributed by atoms with van der Waals surface area (Å²) in [7, 11) is 0. The molecule has 0 saturated heterocycles. The highest BCUT2D eigenvalue weighted by molar-refractivity contribution is 5.94. The van der Waals surface area contributed by atoms with Gasteiger partial charge in [-0.2, -0.15) is 13.2 Å². The van der Waals surface area contributed by atoms with Crippen LogP contribution in [0.25, 0.3) is 0 Å². The van der Waals surface area contributed by atoms with Crippen LogP contribution in [-0.4, -0.2) is 5.78 Å². The summed E-state index contributed by atoms with van der Waals surface area (Å²) in [6, 6.07) is 1.59. The second-order valence-electron chi connectivity index (χ2n) is 3.80. The Morgan fingerprint density at radius 1 is 1.28 bits per heavy atom. The summed E-state index contributed by atoms with van der Waals surface area (Å²) >= 11 is 0. The van der Waals surface area contributed by atoms with Crippen molar-refractivity contribution in [3.8, 4) is 0 Å². The third kappa shape index (κ3) is 2.86. The summed E-state index contributed by atoms with van der Waals surface area (Å²) in [6.07, 6.45) is -8.12. The molecule has 100 valence electrons. The SMILES string of the molecule is CCc1cc(C(C)=O)cc(C(F)(F)F)c1C(F)F. The van der Waals surface area contributed by atoms with E-state index in [0.29, 0.717) is 6.07 Å². The number of rotatable bonds is 3. The molecule has 0 N–H and O–H groups in total. The highest BCUT2D eigenvalue weighted by Gasteiger charge is 2.37. The standard InChI is InChI=1S/C12H11F5O/c1-3-7-4-8(6(2)18)5-9(12(15,16)17)10(7)11(13)14/h4-5,11H,3H2,1-2H3. The molecular formula is C12H11F5O. The van der Waals surface area contributed by atoms with Crippen LogP contribution in [0, 0.1) is 0 Å². The van der Waals surface area contributed by atoms with Gasteiger partial charge in [0, 0.05) is 11.1 Å². The zero-order valence-corrected chi connectivity index (χ0v) is 9.74. The highest BCUT2D eigenvalue weighted by Crippen LogP contribution is 2.39. The predicted molar refractivity (Wildman–Crippen MR) is 55.8 cm³/mol. The van der Waals surface area contributed by atoms with Crippen LogP contribution in [0.1, 0.15) is 47.3 Å². The first-order chi connectivity index (χ1) is 8.18. The molecule has 0 spiro atoms. The molecule has 18 heavy (non-hydrogen) atoms. The van der Waals surface area contributed by atoms with Crippen molar-refractivity contribution >= 4 is 5.78 Å². The summed E-state index contributed by atoms with van der Waals surface area (Å²) in [5.41, 5.74) is -2.81. The van der Waals surface area contributed by atoms with E-state index in [2.05, 4.69) is 0 Å². The number of aryl methyl sites for hydroxylation is 1. The van der Waals surface area contributed by atoms with Gasteiger partial charge in [-0.05, 0) is 31.0 Å². The Labute approximate surface area is 101 Å². The van der Waals surface area contributed by atoms with Crippen LogP contribution in [0.15, 0.2) is 12.1 Å². The number of carbonyl (C=O) groups is 1. The van der Waals surface area contributed by atoms with Crippen molar-refractivity contribution < 1.29 is 26.7 Å². The van der Waals surface area contributed by atoms with E-state index < -0.39 is 29.5 Å².